The number of carbonyl (C=O) groups excluding carboxylic acids is 1. The van der Waals surface area contributed by atoms with Crippen molar-refractivity contribution in [3.63, 3.8) is 0 Å². The Morgan fingerprint density at radius 3 is 2.60 bits per heavy atom. The second kappa shape index (κ2) is 5.16. The molecule has 0 aliphatic carbocycles. The Kier molecular flexibility index (Phi) is 3.71. The highest BCUT2D eigenvalue weighted by molar-refractivity contribution is 6.30. The third-order valence-corrected chi connectivity index (χ3v) is 2.58. The van der Waals surface area contributed by atoms with Gasteiger partial charge in [-0.1, -0.05) is 11.6 Å². The van der Waals surface area contributed by atoms with Crippen LogP contribution in [0.3, 0.4) is 0 Å². The number of pyridine rings is 1. The number of alkyl halides is 3. The van der Waals surface area contributed by atoms with Gasteiger partial charge < -0.3 is 9.47 Å². The van der Waals surface area contributed by atoms with E-state index in [2.05, 4.69) is 14.5 Å². The third-order valence-electron chi connectivity index (χ3n) is 2.39. The molecule has 0 radical (unpaired) electrons. The van der Waals surface area contributed by atoms with Crippen LogP contribution < -0.4 is 4.74 Å². The van der Waals surface area contributed by atoms with Gasteiger partial charge in [-0.25, -0.2) is 9.78 Å². The van der Waals surface area contributed by atoms with Crippen LogP contribution >= 0.6 is 11.6 Å². The number of methoxy groups -OCH3 is 1. The lowest BCUT2D eigenvalue weighted by Gasteiger charge is -2.10. The number of aromatic nitrogens is 1. The molecular formula is C12H7ClF3NO3. The van der Waals surface area contributed by atoms with Crippen molar-refractivity contribution in [1.29, 1.82) is 0 Å². The predicted octanol–water partition coefficient (Wildman–Crippen LogP) is 3.57. The first-order valence-corrected chi connectivity index (χ1v) is 5.62. The first kappa shape index (κ1) is 14.4. The zero-order chi connectivity index (χ0) is 14.9. The first-order chi connectivity index (χ1) is 9.30. The number of hydrogen-bond acceptors (Lipinski definition) is 4. The molecule has 20 heavy (non-hydrogen) atoms. The van der Waals surface area contributed by atoms with Gasteiger partial charge in [-0.05, 0) is 18.2 Å². The topological polar surface area (TPSA) is 48.4 Å². The molecule has 0 unspecified atom stereocenters. The molecule has 0 fully saturated rings. The Hall–Kier alpha value is -2.02. The highest BCUT2D eigenvalue weighted by Gasteiger charge is 2.31. The molecule has 8 heteroatoms. The van der Waals surface area contributed by atoms with Crippen LogP contribution in [0.1, 0.15) is 10.4 Å². The molecule has 1 aromatic carbocycles. The van der Waals surface area contributed by atoms with E-state index in [4.69, 9.17) is 11.6 Å². The summed E-state index contributed by atoms with van der Waals surface area (Å²) in [5, 5.41) is 0.276. The maximum atomic E-state index is 12.1. The molecule has 0 bridgehead atoms. The second-order valence-electron chi connectivity index (χ2n) is 3.71. The molecule has 2 rings (SSSR count). The number of fused-ring (bicyclic) bond motifs is 1. The Morgan fingerprint density at radius 2 is 2.00 bits per heavy atom. The lowest BCUT2D eigenvalue weighted by atomic mass is 10.1. The number of rotatable bonds is 2. The minimum atomic E-state index is -4.81. The molecule has 0 aliphatic rings. The summed E-state index contributed by atoms with van der Waals surface area (Å²) in [7, 11) is 1.18. The van der Waals surface area contributed by atoms with Crippen molar-refractivity contribution in [2.24, 2.45) is 0 Å². The van der Waals surface area contributed by atoms with Gasteiger partial charge in [-0.2, -0.15) is 0 Å². The number of nitrogens with zero attached hydrogens (tertiary/aromatic N) is 1. The molecule has 0 saturated carbocycles. The zero-order valence-corrected chi connectivity index (χ0v) is 10.7. The number of halogens is 4. The van der Waals surface area contributed by atoms with Gasteiger partial charge in [0.15, 0.2) is 0 Å². The molecule has 106 valence electrons. The van der Waals surface area contributed by atoms with Crippen LogP contribution in [0.25, 0.3) is 10.9 Å². The van der Waals surface area contributed by atoms with E-state index < -0.39 is 18.1 Å². The van der Waals surface area contributed by atoms with Gasteiger partial charge >= 0.3 is 12.3 Å². The molecule has 0 atom stereocenters. The van der Waals surface area contributed by atoms with Crippen molar-refractivity contribution in [3.8, 4) is 5.75 Å². The van der Waals surface area contributed by atoms with Crippen LogP contribution in [0, 0.1) is 0 Å². The highest BCUT2D eigenvalue weighted by atomic mass is 35.5. The van der Waals surface area contributed by atoms with Crippen LogP contribution in [-0.2, 0) is 4.74 Å². The fourth-order valence-corrected chi connectivity index (χ4v) is 1.85. The Labute approximate surface area is 116 Å². The maximum absolute atomic E-state index is 12.1. The van der Waals surface area contributed by atoms with E-state index in [9.17, 15) is 18.0 Å². The van der Waals surface area contributed by atoms with E-state index in [1.165, 1.54) is 19.2 Å². The van der Waals surface area contributed by atoms with Crippen LogP contribution in [0.5, 0.6) is 5.75 Å². The molecule has 0 aliphatic heterocycles. The van der Waals surface area contributed by atoms with Crippen molar-refractivity contribution in [1.82, 2.24) is 4.98 Å². The molecule has 0 spiro atoms. The minimum Gasteiger partial charge on any atom is -0.465 e. The number of ether oxygens (including phenoxy) is 2. The van der Waals surface area contributed by atoms with E-state index in [0.717, 1.165) is 12.1 Å². The molecule has 0 saturated heterocycles. The Morgan fingerprint density at radius 1 is 1.30 bits per heavy atom. The average molecular weight is 306 g/mol. The van der Waals surface area contributed by atoms with E-state index in [1.54, 1.807) is 0 Å². The quantitative estimate of drug-likeness (QED) is 0.628. The van der Waals surface area contributed by atoms with E-state index in [1.807, 2.05) is 0 Å². The summed E-state index contributed by atoms with van der Waals surface area (Å²) in [6.45, 7) is 0. The van der Waals surface area contributed by atoms with Crippen LogP contribution in [0.4, 0.5) is 13.2 Å². The minimum absolute atomic E-state index is 0.0398. The predicted molar refractivity (Wildman–Crippen MR) is 64.8 cm³/mol. The Bertz CT molecular complexity index is 673. The molecule has 0 N–H and O–H groups in total. The van der Waals surface area contributed by atoms with E-state index >= 15 is 0 Å². The van der Waals surface area contributed by atoms with Crippen LogP contribution in [-0.4, -0.2) is 24.4 Å². The summed E-state index contributed by atoms with van der Waals surface area (Å²) in [5.74, 6) is -1.11. The molecular weight excluding hydrogens is 299 g/mol. The number of esters is 1. The average Bonchev–Trinajstić information content (AvgIpc) is 2.34. The molecule has 0 amide bonds. The van der Waals surface area contributed by atoms with Gasteiger partial charge in [-0.3, -0.25) is 0 Å². The van der Waals surface area contributed by atoms with E-state index in [-0.39, 0.29) is 16.2 Å². The highest BCUT2D eigenvalue weighted by Crippen LogP contribution is 2.28. The monoisotopic (exact) mass is 305 g/mol. The summed E-state index contributed by atoms with van der Waals surface area (Å²) < 4.78 is 44.8. The number of hydrogen-bond donors (Lipinski definition) is 0. The largest absolute Gasteiger partial charge is 0.573 e. The van der Waals surface area contributed by atoms with Gasteiger partial charge in [0.05, 0.1) is 18.2 Å². The van der Waals surface area contributed by atoms with E-state index in [0.29, 0.717) is 5.39 Å². The molecule has 1 aromatic heterocycles. The van der Waals surface area contributed by atoms with Gasteiger partial charge in [0.2, 0.25) is 0 Å². The lowest BCUT2D eigenvalue weighted by molar-refractivity contribution is -0.274. The van der Waals surface area contributed by atoms with Crippen molar-refractivity contribution >= 4 is 28.5 Å². The normalized spacial score (nSPS) is 11.4. The lowest BCUT2D eigenvalue weighted by Crippen LogP contribution is -2.17. The summed E-state index contributed by atoms with van der Waals surface area (Å²) in [5.41, 5.74) is 0.209. The van der Waals surface area contributed by atoms with Crippen LogP contribution in [0.15, 0.2) is 24.3 Å². The summed E-state index contributed by atoms with van der Waals surface area (Å²) in [4.78, 5) is 15.4. The molecule has 4 nitrogen and oxygen atoms in total. The van der Waals surface area contributed by atoms with Crippen molar-refractivity contribution in [2.45, 2.75) is 6.36 Å². The number of benzene rings is 1. The van der Waals surface area contributed by atoms with Crippen molar-refractivity contribution < 1.29 is 27.4 Å². The van der Waals surface area contributed by atoms with Gasteiger partial charge in [0.1, 0.15) is 10.9 Å². The van der Waals surface area contributed by atoms with Crippen molar-refractivity contribution in [3.05, 3.63) is 35.0 Å². The smallest absolute Gasteiger partial charge is 0.465 e. The first-order valence-electron chi connectivity index (χ1n) is 5.24. The third kappa shape index (κ3) is 3.11. The zero-order valence-electron chi connectivity index (χ0n) is 9.99. The summed E-state index contributed by atoms with van der Waals surface area (Å²) >= 11 is 5.73. The standard InChI is InChI=1S/C12H7ClF3NO3/c1-19-11(18)8-5-10(13)17-9-4-6(2-3-7(8)9)20-12(14,15)16/h2-5H,1H3. The fraction of sp³-hybridized carbons (Fsp3) is 0.167. The number of carbonyl (C=O) groups is 1. The Balaban J connectivity index is 2.56. The summed E-state index contributed by atoms with van der Waals surface area (Å²) in [6.07, 6.45) is -4.81. The maximum Gasteiger partial charge on any atom is 0.573 e. The summed E-state index contributed by atoms with van der Waals surface area (Å²) in [6, 6.07) is 4.69. The molecule has 1 heterocycles. The molecule has 2 aromatic rings. The van der Waals surface area contributed by atoms with Gasteiger partial charge in [-0.15, -0.1) is 13.2 Å². The second-order valence-corrected chi connectivity index (χ2v) is 4.10. The van der Waals surface area contributed by atoms with Gasteiger partial charge in [0.25, 0.3) is 0 Å². The SMILES string of the molecule is COC(=O)c1cc(Cl)nc2cc(OC(F)(F)F)ccc12. The van der Waals surface area contributed by atoms with Crippen LogP contribution in [0.2, 0.25) is 5.15 Å². The fourth-order valence-electron chi connectivity index (χ4n) is 1.65. The van der Waals surface area contributed by atoms with Gasteiger partial charge in [0, 0.05) is 11.5 Å². The van der Waals surface area contributed by atoms with Crippen molar-refractivity contribution in [2.75, 3.05) is 7.11 Å².